The van der Waals surface area contributed by atoms with Crippen molar-refractivity contribution in [2.75, 3.05) is 0 Å². The van der Waals surface area contributed by atoms with E-state index in [1.807, 2.05) is 19.9 Å². The number of benzene rings is 1. The number of nitrogens with zero attached hydrogens (tertiary/aromatic N) is 2. The summed E-state index contributed by atoms with van der Waals surface area (Å²) in [5.74, 6) is 0.157. The molecule has 0 saturated heterocycles. The van der Waals surface area contributed by atoms with Crippen LogP contribution in [0.4, 0.5) is 4.39 Å². The predicted molar refractivity (Wildman–Crippen MR) is 62.6 cm³/mol. The number of rotatable bonds is 2. The Morgan fingerprint density at radius 3 is 2.69 bits per heavy atom. The van der Waals surface area contributed by atoms with E-state index in [4.69, 9.17) is 11.6 Å². The van der Waals surface area contributed by atoms with Crippen LogP contribution in [-0.2, 0) is 5.88 Å². The van der Waals surface area contributed by atoms with Crippen molar-refractivity contribution in [2.24, 2.45) is 0 Å². The first-order valence-electron chi connectivity index (χ1n) is 5.00. The number of aromatic nitrogens is 2. The second kappa shape index (κ2) is 4.26. The Morgan fingerprint density at radius 2 is 2.12 bits per heavy atom. The lowest BCUT2D eigenvalue weighted by molar-refractivity contribution is 0.625. The topological polar surface area (TPSA) is 17.8 Å². The van der Waals surface area contributed by atoms with E-state index in [1.165, 1.54) is 12.1 Å². The summed E-state index contributed by atoms with van der Waals surface area (Å²) in [7, 11) is 0. The summed E-state index contributed by atoms with van der Waals surface area (Å²) in [6.45, 7) is 3.84. The molecule has 0 radical (unpaired) electrons. The van der Waals surface area contributed by atoms with Gasteiger partial charge in [0.1, 0.15) is 5.82 Å². The maximum Gasteiger partial charge on any atom is 0.125 e. The van der Waals surface area contributed by atoms with Crippen LogP contribution in [0.1, 0.15) is 17.0 Å². The zero-order chi connectivity index (χ0) is 11.7. The highest BCUT2D eigenvalue weighted by Gasteiger charge is 2.11. The zero-order valence-corrected chi connectivity index (χ0v) is 9.92. The lowest BCUT2D eigenvalue weighted by Gasteiger charge is -2.04. The summed E-state index contributed by atoms with van der Waals surface area (Å²) in [6.07, 6.45) is 0. The molecule has 1 heterocycles. The highest BCUT2D eigenvalue weighted by molar-refractivity contribution is 6.17. The number of halogens is 2. The Kier molecular flexibility index (Phi) is 2.97. The van der Waals surface area contributed by atoms with Crippen molar-refractivity contribution in [2.45, 2.75) is 19.7 Å². The molecule has 0 N–H and O–H groups in total. The van der Waals surface area contributed by atoms with E-state index < -0.39 is 0 Å². The molecule has 84 valence electrons. The molecule has 0 saturated carbocycles. The van der Waals surface area contributed by atoms with Gasteiger partial charge in [0.25, 0.3) is 0 Å². The van der Waals surface area contributed by atoms with Gasteiger partial charge in [-0.15, -0.1) is 11.6 Å². The Hall–Kier alpha value is -1.35. The van der Waals surface area contributed by atoms with Crippen molar-refractivity contribution in [3.63, 3.8) is 0 Å². The molecule has 0 fully saturated rings. The van der Waals surface area contributed by atoms with E-state index in [1.54, 1.807) is 10.7 Å². The SMILES string of the molecule is Cc1nn(-c2cccc(F)c2)c(C)c1CCl. The third-order valence-electron chi connectivity index (χ3n) is 2.63. The molecular weight excluding hydrogens is 227 g/mol. The van der Waals surface area contributed by atoms with Gasteiger partial charge in [-0.2, -0.15) is 5.10 Å². The highest BCUT2D eigenvalue weighted by atomic mass is 35.5. The lowest BCUT2D eigenvalue weighted by atomic mass is 10.2. The molecule has 1 aromatic heterocycles. The lowest BCUT2D eigenvalue weighted by Crippen LogP contribution is -1.99. The monoisotopic (exact) mass is 238 g/mol. The van der Waals surface area contributed by atoms with Gasteiger partial charge in [0.15, 0.2) is 0 Å². The number of hydrogen-bond donors (Lipinski definition) is 0. The molecule has 2 nitrogen and oxygen atoms in total. The molecule has 0 aliphatic carbocycles. The van der Waals surface area contributed by atoms with Crippen molar-refractivity contribution in [3.8, 4) is 5.69 Å². The van der Waals surface area contributed by atoms with Gasteiger partial charge in [0.2, 0.25) is 0 Å². The van der Waals surface area contributed by atoms with Gasteiger partial charge in [-0.3, -0.25) is 0 Å². The third kappa shape index (κ3) is 1.83. The molecule has 0 bridgehead atoms. The molecule has 0 spiro atoms. The van der Waals surface area contributed by atoms with Crippen LogP contribution in [0.25, 0.3) is 5.69 Å². The Bertz CT molecular complexity index is 520. The molecule has 4 heteroatoms. The van der Waals surface area contributed by atoms with Crippen LogP contribution in [0.2, 0.25) is 0 Å². The van der Waals surface area contributed by atoms with Crippen LogP contribution in [0, 0.1) is 19.7 Å². The minimum atomic E-state index is -0.266. The largest absolute Gasteiger partial charge is 0.237 e. The maximum absolute atomic E-state index is 13.1. The summed E-state index contributed by atoms with van der Waals surface area (Å²) in [4.78, 5) is 0. The summed E-state index contributed by atoms with van der Waals surface area (Å²) >= 11 is 5.84. The average molecular weight is 239 g/mol. The van der Waals surface area contributed by atoms with Crippen molar-refractivity contribution < 1.29 is 4.39 Å². The Labute approximate surface area is 98.7 Å². The third-order valence-corrected chi connectivity index (χ3v) is 2.89. The molecule has 0 amide bonds. The highest BCUT2D eigenvalue weighted by Crippen LogP contribution is 2.19. The van der Waals surface area contributed by atoms with Crippen molar-refractivity contribution in [1.29, 1.82) is 0 Å². The molecule has 2 rings (SSSR count). The fourth-order valence-electron chi connectivity index (χ4n) is 1.73. The molecule has 0 unspecified atom stereocenters. The van der Waals surface area contributed by atoms with Crippen LogP contribution in [-0.4, -0.2) is 9.78 Å². The van der Waals surface area contributed by atoms with Gasteiger partial charge in [0, 0.05) is 11.3 Å². The van der Waals surface area contributed by atoms with E-state index in [0.717, 1.165) is 22.6 Å². The number of hydrogen-bond acceptors (Lipinski definition) is 1. The summed E-state index contributed by atoms with van der Waals surface area (Å²) < 4.78 is 14.8. The maximum atomic E-state index is 13.1. The smallest absolute Gasteiger partial charge is 0.125 e. The quantitative estimate of drug-likeness (QED) is 0.734. The summed E-state index contributed by atoms with van der Waals surface area (Å²) in [6, 6.07) is 6.36. The van der Waals surface area contributed by atoms with Gasteiger partial charge < -0.3 is 0 Å². The summed E-state index contributed by atoms with van der Waals surface area (Å²) in [5.41, 5.74) is 3.57. The fraction of sp³-hybridized carbons (Fsp3) is 0.250. The molecule has 0 aliphatic rings. The first-order valence-corrected chi connectivity index (χ1v) is 5.54. The first kappa shape index (κ1) is 11.1. The fourth-order valence-corrected chi connectivity index (χ4v) is 2.11. The predicted octanol–water partition coefficient (Wildman–Crippen LogP) is 3.37. The average Bonchev–Trinajstić information content (AvgIpc) is 2.54. The Balaban J connectivity index is 2.56. The van der Waals surface area contributed by atoms with E-state index in [0.29, 0.717) is 5.88 Å². The normalized spacial score (nSPS) is 10.8. The van der Waals surface area contributed by atoms with Crippen LogP contribution in [0.3, 0.4) is 0 Å². The molecule has 1 aromatic carbocycles. The molecule has 16 heavy (non-hydrogen) atoms. The van der Waals surface area contributed by atoms with Crippen LogP contribution >= 0.6 is 11.6 Å². The van der Waals surface area contributed by atoms with E-state index >= 15 is 0 Å². The number of alkyl halides is 1. The van der Waals surface area contributed by atoms with Gasteiger partial charge >= 0.3 is 0 Å². The number of aryl methyl sites for hydroxylation is 1. The van der Waals surface area contributed by atoms with Gasteiger partial charge in [-0.05, 0) is 32.0 Å². The summed E-state index contributed by atoms with van der Waals surface area (Å²) in [5, 5.41) is 4.36. The van der Waals surface area contributed by atoms with Gasteiger partial charge in [0.05, 0.1) is 17.3 Å². The molecular formula is C12H12ClFN2. The van der Waals surface area contributed by atoms with E-state index in [-0.39, 0.29) is 5.82 Å². The van der Waals surface area contributed by atoms with Crippen LogP contribution < -0.4 is 0 Å². The zero-order valence-electron chi connectivity index (χ0n) is 9.17. The molecule has 0 atom stereocenters. The van der Waals surface area contributed by atoms with Crippen LogP contribution in [0.15, 0.2) is 24.3 Å². The van der Waals surface area contributed by atoms with Gasteiger partial charge in [-0.1, -0.05) is 6.07 Å². The minimum absolute atomic E-state index is 0.266. The van der Waals surface area contributed by atoms with Gasteiger partial charge in [-0.25, -0.2) is 9.07 Å². The van der Waals surface area contributed by atoms with Crippen LogP contribution in [0.5, 0.6) is 0 Å². The second-order valence-electron chi connectivity index (χ2n) is 3.67. The van der Waals surface area contributed by atoms with Crippen molar-refractivity contribution in [3.05, 3.63) is 47.0 Å². The second-order valence-corrected chi connectivity index (χ2v) is 3.94. The Morgan fingerprint density at radius 1 is 1.38 bits per heavy atom. The molecule has 0 aliphatic heterocycles. The van der Waals surface area contributed by atoms with Crippen molar-refractivity contribution >= 4 is 11.6 Å². The van der Waals surface area contributed by atoms with E-state index in [2.05, 4.69) is 5.10 Å². The van der Waals surface area contributed by atoms with E-state index in [9.17, 15) is 4.39 Å². The first-order chi connectivity index (χ1) is 7.63. The minimum Gasteiger partial charge on any atom is -0.237 e. The standard InChI is InChI=1S/C12H12ClFN2/c1-8-12(7-13)9(2)16(15-8)11-5-3-4-10(14)6-11/h3-6H,7H2,1-2H3. The van der Waals surface area contributed by atoms with Crippen molar-refractivity contribution in [1.82, 2.24) is 9.78 Å². The molecule has 2 aromatic rings.